The molecule has 0 aliphatic carbocycles. The van der Waals surface area contributed by atoms with Gasteiger partial charge >= 0.3 is 11.9 Å². The van der Waals surface area contributed by atoms with Crippen molar-refractivity contribution < 1.29 is 24.2 Å². The molecule has 5 heteroatoms. The van der Waals surface area contributed by atoms with E-state index in [0.29, 0.717) is 12.8 Å². The van der Waals surface area contributed by atoms with Gasteiger partial charge < -0.3 is 14.6 Å². The molecule has 72 heavy (non-hydrogen) atoms. The van der Waals surface area contributed by atoms with E-state index in [-0.39, 0.29) is 31.6 Å². The van der Waals surface area contributed by atoms with Gasteiger partial charge in [-0.05, 0) is 116 Å². The van der Waals surface area contributed by atoms with Crippen molar-refractivity contribution in [1.29, 1.82) is 0 Å². The molecule has 1 N–H and O–H groups in total. The lowest BCUT2D eigenvalue weighted by Gasteiger charge is -2.15. The van der Waals surface area contributed by atoms with E-state index in [1.54, 1.807) is 0 Å². The van der Waals surface area contributed by atoms with Crippen molar-refractivity contribution in [3.05, 3.63) is 158 Å². The summed E-state index contributed by atoms with van der Waals surface area (Å²) in [4.78, 5) is 24.5. The Morgan fingerprint density at radius 2 is 0.569 bits per heavy atom. The lowest BCUT2D eigenvalue weighted by Crippen LogP contribution is -2.28. The first-order valence-corrected chi connectivity index (χ1v) is 29.0. The molecule has 0 aromatic rings. The van der Waals surface area contributed by atoms with Crippen molar-refractivity contribution in [2.75, 3.05) is 13.2 Å². The summed E-state index contributed by atoms with van der Waals surface area (Å²) in [6.07, 6.45) is 93.7. The smallest absolute Gasteiger partial charge is 0.306 e. The van der Waals surface area contributed by atoms with E-state index in [0.717, 1.165) is 109 Å². The lowest BCUT2D eigenvalue weighted by atomic mass is 10.0. The molecule has 1 atom stereocenters. The zero-order chi connectivity index (χ0) is 52.0. The normalized spacial score (nSPS) is 13.4. The number of aliphatic hydroxyl groups excluding tert-OH is 1. The van der Waals surface area contributed by atoms with Crippen LogP contribution in [0.3, 0.4) is 0 Å². The Kier molecular flexibility index (Phi) is 57.0. The minimum atomic E-state index is -0.814. The van der Waals surface area contributed by atoms with Crippen LogP contribution >= 0.6 is 0 Å². The summed E-state index contributed by atoms with van der Waals surface area (Å²) >= 11 is 0. The Hall–Kier alpha value is -4.48. The van der Waals surface area contributed by atoms with Crippen LogP contribution in [0.5, 0.6) is 0 Å². The number of carbonyl (C=O) groups excluding carboxylic acids is 2. The van der Waals surface area contributed by atoms with Gasteiger partial charge in [-0.2, -0.15) is 0 Å². The van der Waals surface area contributed by atoms with Crippen LogP contribution in [0.15, 0.2) is 158 Å². The summed E-state index contributed by atoms with van der Waals surface area (Å²) in [5.41, 5.74) is 0. The number of unbranched alkanes of at least 4 members (excludes halogenated alkanes) is 17. The van der Waals surface area contributed by atoms with Gasteiger partial charge in [0, 0.05) is 12.8 Å². The molecule has 0 fully saturated rings. The quantitative estimate of drug-likeness (QED) is 0.0373. The maximum absolute atomic E-state index is 12.3. The van der Waals surface area contributed by atoms with E-state index in [4.69, 9.17) is 9.47 Å². The minimum absolute atomic E-state index is 0.0980. The molecule has 0 aliphatic rings. The number of carbonyl (C=O) groups is 2. The minimum Gasteiger partial charge on any atom is -0.462 e. The molecule has 1 unspecified atom stereocenters. The molecule has 404 valence electrons. The predicted octanol–water partition coefficient (Wildman–Crippen LogP) is 20.0. The van der Waals surface area contributed by atoms with Crippen LogP contribution in [-0.4, -0.2) is 36.4 Å². The highest BCUT2D eigenvalue weighted by Gasteiger charge is 2.16. The molecule has 5 nitrogen and oxygen atoms in total. The average molecular weight is 992 g/mol. The topological polar surface area (TPSA) is 72.8 Å². The SMILES string of the molecule is CC/C=C\C/C=C\C/C=C\C/C=C\C/C=C\C/C=C\C/C=C\CCCC(=O)OC(CO)COC(=O)CCCCCCCCCCCCCCCCCC/C=C\C/C=C\C/C=C\C/C=C\C/C=C\C/C=C\CC. The van der Waals surface area contributed by atoms with Gasteiger partial charge in [-0.3, -0.25) is 9.59 Å². The Morgan fingerprint density at radius 3 is 0.875 bits per heavy atom. The van der Waals surface area contributed by atoms with E-state index >= 15 is 0 Å². The van der Waals surface area contributed by atoms with Crippen LogP contribution < -0.4 is 0 Å². The molecule has 0 saturated heterocycles. The molecule has 0 aromatic carbocycles. The standard InChI is InChI=1S/C67H106O5/c1-3-5-7-9-11-13-15-17-19-21-23-25-27-28-29-30-31-32-33-34-35-36-37-38-40-41-43-45-47-49-51-53-55-57-59-61-66(69)71-64-65(63-68)72-67(70)62-60-58-56-54-52-50-48-46-44-42-39-26-24-22-20-18-16-14-12-10-8-6-4-2/h5-8,11-14,17-20,23-26,28-29,31-32,42,44,48,50,54,56,65,68H,3-4,9-10,15-16,21-22,27,30,33-41,43,45-47,49,51-53,55,57-64H2,1-2H3/b7-5-,8-6-,13-11-,14-12-,19-17-,20-18-,25-23-,26-24-,29-28-,32-31-,44-42-,50-48-,56-54-. The highest BCUT2D eigenvalue weighted by Crippen LogP contribution is 2.15. The average Bonchev–Trinajstić information content (AvgIpc) is 3.38. The summed E-state index contributed by atoms with van der Waals surface area (Å²) in [7, 11) is 0. The first-order valence-electron chi connectivity index (χ1n) is 29.0. The van der Waals surface area contributed by atoms with Gasteiger partial charge in [0.05, 0.1) is 6.61 Å². The maximum atomic E-state index is 12.3. The molecule has 0 radical (unpaired) electrons. The molecule has 0 heterocycles. The number of esters is 2. The van der Waals surface area contributed by atoms with Crippen molar-refractivity contribution in [3.8, 4) is 0 Å². The number of hydrogen-bond acceptors (Lipinski definition) is 5. The van der Waals surface area contributed by atoms with Gasteiger partial charge in [0.15, 0.2) is 6.10 Å². The van der Waals surface area contributed by atoms with E-state index in [9.17, 15) is 14.7 Å². The predicted molar refractivity (Wildman–Crippen MR) is 315 cm³/mol. The highest BCUT2D eigenvalue weighted by atomic mass is 16.6. The fourth-order valence-electron chi connectivity index (χ4n) is 7.55. The third kappa shape index (κ3) is 58.1. The summed E-state index contributed by atoms with van der Waals surface area (Å²) in [5, 5.41) is 9.65. The number of hydrogen-bond donors (Lipinski definition) is 1. The molecule has 0 saturated carbocycles. The monoisotopic (exact) mass is 991 g/mol. The van der Waals surface area contributed by atoms with Crippen LogP contribution in [0, 0.1) is 0 Å². The molecule has 0 amide bonds. The number of rotatable bonds is 51. The van der Waals surface area contributed by atoms with Crippen LogP contribution in [0.4, 0.5) is 0 Å². The summed E-state index contributed by atoms with van der Waals surface area (Å²) in [6, 6.07) is 0. The summed E-state index contributed by atoms with van der Waals surface area (Å²) in [5.74, 6) is -0.668. The van der Waals surface area contributed by atoms with Crippen LogP contribution in [0.25, 0.3) is 0 Å². The van der Waals surface area contributed by atoms with E-state index < -0.39 is 6.10 Å². The largest absolute Gasteiger partial charge is 0.462 e. The Morgan fingerprint density at radius 1 is 0.319 bits per heavy atom. The maximum Gasteiger partial charge on any atom is 0.306 e. The van der Waals surface area contributed by atoms with Gasteiger partial charge in [0.25, 0.3) is 0 Å². The number of aliphatic hydroxyl groups is 1. The Balaban J connectivity index is 3.59. The lowest BCUT2D eigenvalue weighted by molar-refractivity contribution is -0.161. The van der Waals surface area contributed by atoms with Crippen LogP contribution in [-0.2, 0) is 19.1 Å². The van der Waals surface area contributed by atoms with Gasteiger partial charge in [-0.15, -0.1) is 0 Å². The second-order valence-corrected chi connectivity index (χ2v) is 18.6. The van der Waals surface area contributed by atoms with E-state index in [1.807, 2.05) is 0 Å². The summed E-state index contributed by atoms with van der Waals surface area (Å²) < 4.78 is 10.7. The van der Waals surface area contributed by atoms with Gasteiger partial charge in [-0.1, -0.05) is 262 Å². The third-order valence-corrected chi connectivity index (χ3v) is 11.8. The fourth-order valence-corrected chi connectivity index (χ4v) is 7.55. The Labute approximate surface area is 443 Å². The highest BCUT2D eigenvalue weighted by molar-refractivity contribution is 5.70. The van der Waals surface area contributed by atoms with Crippen molar-refractivity contribution in [1.82, 2.24) is 0 Å². The molecule has 0 spiro atoms. The zero-order valence-corrected chi connectivity index (χ0v) is 46.1. The third-order valence-electron chi connectivity index (χ3n) is 11.8. The zero-order valence-electron chi connectivity index (χ0n) is 46.1. The molecular formula is C67H106O5. The van der Waals surface area contributed by atoms with Gasteiger partial charge in [-0.25, -0.2) is 0 Å². The molecular weight excluding hydrogens is 885 g/mol. The number of allylic oxidation sites excluding steroid dienone is 26. The second-order valence-electron chi connectivity index (χ2n) is 18.6. The van der Waals surface area contributed by atoms with Gasteiger partial charge in [0.2, 0.25) is 0 Å². The first-order chi connectivity index (χ1) is 35.6. The molecule has 0 aromatic heterocycles. The van der Waals surface area contributed by atoms with Crippen LogP contribution in [0.2, 0.25) is 0 Å². The van der Waals surface area contributed by atoms with Crippen molar-refractivity contribution >= 4 is 11.9 Å². The molecule has 0 aliphatic heterocycles. The van der Waals surface area contributed by atoms with Crippen LogP contribution in [0.1, 0.15) is 232 Å². The summed E-state index contributed by atoms with van der Waals surface area (Å²) in [6.45, 7) is 3.86. The number of ether oxygens (including phenoxy) is 2. The van der Waals surface area contributed by atoms with Crippen molar-refractivity contribution in [2.24, 2.45) is 0 Å². The fraction of sp³-hybridized carbons (Fsp3) is 0.582. The molecule has 0 bridgehead atoms. The molecule has 0 rings (SSSR count). The van der Waals surface area contributed by atoms with Crippen molar-refractivity contribution in [2.45, 2.75) is 238 Å². The van der Waals surface area contributed by atoms with Gasteiger partial charge in [0.1, 0.15) is 6.61 Å². The first kappa shape index (κ1) is 67.5. The second kappa shape index (κ2) is 60.8. The Bertz CT molecular complexity index is 1590. The van der Waals surface area contributed by atoms with Crippen molar-refractivity contribution in [3.63, 3.8) is 0 Å². The van der Waals surface area contributed by atoms with E-state index in [2.05, 4.69) is 172 Å². The van der Waals surface area contributed by atoms with E-state index in [1.165, 1.54) is 89.9 Å².